The normalized spacial score (nSPS) is 25.6. The van der Waals surface area contributed by atoms with Crippen LogP contribution in [-0.2, 0) is 76.5 Å². The van der Waals surface area contributed by atoms with Crippen LogP contribution >= 0.6 is 0 Å². The summed E-state index contributed by atoms with van der Waals surface area (Å²) in [6.45, 7) is 31.3. The highest BCUT2D eigenvalue weighted by Crippen LogP contribution is 2.28. The number of nitrogens with one attached hydrogen (secondary N) is 4. The summed E-state index contributed by atoms with van der Waals surface area (Å²) in [5.74, 6) is -15.7. The summed E-state index contributed by atoms with van der Waals surface area (Å²) in [7, 11) is 10.7. The SMILES string of the molecule is CC=CC[C@@H](C)[C@@H](O)[C@H]1C(=O)N[C@@H](CC)C(=O)N(C)C(CC(C(=O)OCC)C(=O)OCC)C(=O)N(C)[C@@H](CC(C)(C)OC)C(=O)N[C@@H](C(C)C)C(=O)N(C)[C@@H](CC(C)C)C(=O)N[C@@H](C)C(=O)N[C@H](C)C(=O)N(C)[C@@H](CC(C)C)C(=O)N(C)[C@@H](CC(C)C)C(=O)N(C)[C@@H](C(C)C)C(=O)N1C. The zero-order chi connectivity index (χ0) is 76.7. The summed E-state index contributed by atoms with van der Waals surface area (Å²) in [6, 6.07) is -15.7. The first-order valence-corrected chi connectivity index (χ1v) is 35.0. The Morgan fingerprint density at radius 3 is 1.32 bits per heavy atom. The lowest BCUT2D eigenvalue weighted by atomic mass is 9.91. The first-order chi connectivity index (χ1) is 45.8. The van der Waals surface area contributed by atoms with E-state index < -0.39 is 185 Å². The molecule has 99 heavy (non-hydrogen) atoms. The van der Waals surface area contributed by atoms with Gasteiger partial charge in [-0.05, 0) is 116 Å². The van der Waals surface area contributed by atoms with Gasteiger partial charge < -0.3 is 74.9 Å². The van der Waals surface area contributed by atoms with E-state index in [0.717, 1.165) is 19.6 Å². The summed E-state index contributed by atoms with van der Waals surface area (Å²) in [6.07, 6.45) is 1.13. The van der Waals surface area contributed by atoms with Crippen molar-refractivity contribution in [3.63, 3.8) is 0 Å². The molecule has 28 nitrogen and oxygen atoms in total. The number of carbonyl (C=O) groups excluding carboxylic acids is 13. The average molecular weight is 1400 g/mol. The van der Waals surface area contributed by atoms with Crippen molar-refractivity contribution in [3.8, 4) is 0 Å². The number of hydrogen-bond donors (Lipinski definition) is 5. The van der Waals surface area contributed by atoms with Gasteiger partial charge in [0.25, 0.3) is 0 Å². The number of likely N-dealkylation sites (N-methyl/N-ethyl adjacent to an activating group) is 7. The Kier molecular flexibility index (Phi) is 37.1. The second kappa shape index (κ2) is 40.9. The molecule has 1 fully saturated rings. The number of esters is 2. The van der Waals surface area contributed by atoms with Crippen LogP contribution in [0, 0.1) is 41.4 Å². The van der Waals surface area contributed by atoms with Gasteiger partial charge in [-0.1, -0.05) is 95.2 Å². The summed E-state index contributed by atoms with van der Waals surface area (Å²) < 4.78 is 16.4. The van der Waals surface area contributed by atoms with Crippen molar-refractivity contribution < 1.29 is 81.6 Å². The maximum Gasteiger partial charge on any atom is 0.320 e. The molecular formula is C71H125N11O17. The highest BCUT2D eigenvalue weighted by Gasteiger charge is 2.48. The maximum absolute atomic E-state index is 15.7. The fraction of sp³-hybridized carbons (Fsp3) is 0.789. The second-order valence-corrected chi connectivity index (χ2v) is 29.1. The highest BCUT2D eigenvalue weighted by molar-refractivity contribution is 6.01. The van der Waals surface area contributed by atoms with Gasteiger partial charge in [0, 0.05) is 69.3 Å². The predicted molar refractivity (Wildman–Crippen MR) is 375 cm³/mol. The van der Waals surface area contributed by atoms with Crippen molar-refractivity contribution in [2.24, 2.45) is 41.4 Å². The monoisotopic (exact) mass is 1400 g/mol. The zero-order valence-corrected chi connectivity index (χ0v) is 64.6. The van der Waals surface area contributed by atoms with Gasteiger partial charge in [-0.2, -0.15) is 0 Å². The number of hydrogen-bond acceptors (Lipinski definition) is 17. The minimum absolute atomic E-state index is 0.0727. The lowest BCUT2D eigenvalue weighted by Crippen LogP contribution is -2.64. The Morgan fingerprint density at radius 2 is 0.889 bits per heavy atom. The van der Waals surface area contributed by atoms with Gasteiger partial charge in [0.1, 0.15) is 66.5 Å². The third-order valence-electron chi connectivity index (χ3n) is 18.5. The molecule has 5 N–H and O–H groups in total. The van der Waals surface area contributed by atoms with E-state index in [0.29, 0.717) is 0 Å². The predicted octanol–water partition coefficient (Wildman–Crippen LogP) is 3.54. The van der Waals surface area contributed by atoms with E-state index in [9.17, 15) is 33.9 Å². The van der Waals surface area contributed by atoms with E-state index in [2.05, 4.69) is 21.3 Å². The molecule has 1 rings (SSSR count). The first kappa shape index (κ1) is 89.8. The van der Waals surface area contributed by atoms with Crippen LogP contribution in [-0.4, -0.2) is 264 Å². The van der Waals surface area contributed by atoms with Crippen molar-refractivity contribution >= 4 is 76.9 Å². The first-order valence-electron chi connectivity index (χ1n) is 35.0. The Balaban J connectivity index is 4.78. The van der Waals surface area contributed by atoms with E-state index in [1.54, 1.807) is 74.5 Å². The fourth-order valence-electron chi connectivity index (χ4n) is 12.1. The van der Waals surface area contributed by atoms with Gasteiger partial charge >= 0.3 is 11.9 Å². The number of nitrogens with zero attached hydrogens (tertiary/aromatic N) is 7. The molecule has 0 radical (unpaired) electrons. The molecule has 28 heteroatoms. The van der Waals surface area contributed by atoms with Gasteiger partial charge in [0.2, 0.25) is 65.0 Å². The van der Waals surface area contributed by atoms with Crippen LogP contribution in [0.15, 0.2) is 12.2 Å². The number of carbonyl (C=O) groups is 13. The summed E-state index contributed by atoms with van der Waals surface area (Å²) in [5, 5.41) is 23.2. The molecule has 0 spiro atoms. The molecule has 0 saturated carbocycles. The molecule has 11 amide bonds. The number of ether oxygens (including phenoxy) is 3. The Labute approximate surface area is 589 Å². The maximum atomic E-state index is 15.7. The molecule has 0 aromatic carbocycles. The van der Waals surface area contributed by atoms with Crippen LogP contribution in [0.2, 0.25) is 0 Å². The molecular weight excluding hydrogens is 1280 g/mol. The molecule has 1 unspecified atom stereocenters. The topological polar surface area (TPSA) is 341 Å². The molecule has 1 saturated heterocycles. The van der Waals surface area contributed by atoms with Crippen LogP contribution in [0.25, 0.3) is 0 Å². The lowest BCUT2D eigenvalue weighted by Gasteiger charge is -2.42. The number of rotatable bonds is 22. The minimum atomic E-state index is -1.84. The molecule has 13 atom stereocenters. The van der Waals surface area contributed by atoms with Crippen LogP contribution < -0.4 is 21.3 Å². The number of methoxy groups -OCH3 is 1. The van der Waals surface area contributed by atoms with Crippen molar-refractivity contribution in [2.45, 2.75) is 255 Å². The van der Waals surface area contributed by atoms with Crippen LogP contribution in [0.1, 0.15) is 176 Å². The van der Waals surface area contributed by atoms with Crippen LogP contribution in [0.5, 0.6) is 0 Å². The van der Waals surface area contributed by atoms with Gasteiger partial charge in [-0.3, -0.25) is 62.3 Å². The van der Waals surface area contributed by atoms with Crippen LogP contribution in [0.3, 0.4) is 0 Å². The van der Waals surface area contributed by atoms with Crippen molar-refractivity contribution in [2.75, 3.05) is 69.7 Å². The third kappa shape index (κ3) is 25.1. The number of aliphatic hydroxyl groups is 1. The van der Waals surface area contributed by atoms with Gasteiger partial charge in [-0.25, -0.2) is 0 Å². The molecule has 1 aliphatic heterocycles. The smallest absolute Gasteiger partial charge is 0.320 e. The number of aliphatic hydroxyl groups excluding tert-OH is 1. The molecule has 1 aliphatic rings. The summed E-state index contributed by atoms with van der Waals surface area (Å²) in [5.41, 5.74) is -1.20. The van der Waals surface area contributed by atoms with Crippen molar-refractivity contribution in [1.29, 1.82) is 0 Å². The Bertz CT molecular complexity index is 2770. The fourth-order valence-corrected chi connectivity index (χ4v) is 12.1. The largest absolute Gasteiger partial charge is 0.465 e. The van der Waals surface area contributed by atoms with E-state index in [4.69, 9.17) is 14.2 Å². The number of allylic oxidation sites excluding steroid dienone is 2. The van der Waals surface area contributed by atoms with E-state index in [1.165, 1.54) is 98.8 Å². The van der Waals surface area contributed by atoms with E-state index >= 15 is 33.6 Å². The van der Waals surface area contributed by atoms with Crippen molar-refractivity contribution in [1.82, 2.24) is 55.6 Å². The molecule has 566 valence electrons. The summed E-state index contributed by atoms with van der Waals surface area (Å²) >= 11 is 0. The van der Waals surface area contributed by atoms with Crippen molar-refractivity contribution in [3.05, 3.63) is 12.2 Å². The standard InChI is InChI=1S/C71H125N11O17/c1-28-32-33-44(15)57(83)56-61(87)74-48(29-2)63(89)78(22)52(37-47(69(95)98-30-3)70(96)99-31-4)65(91)80(24)53(38-71(18,19)97-27)60(86)75-54(42(11)12)67(93)76(20)49(34-39(5)6)59(85)72-45(16)58(84)73-46(17)62(88)77(21)50(35-40(7)8)64(90)79(23)51(36-41(9)10)66(92)81(25)55(43(13)14)68(94)82(56)26/h28,32,39-57,83H,29-31,33-38H2,1-27H3,(H,72,85)(H,73,84)(H,74,87)(H,75,86)/t44-,45+,46-,48+,49+,50+,51+,52?,53+,54+,55+,56+,57-/m1/s1. The third-order valence-corrected chi connectivity index (χ3v) is 18.5. The van der Waals surface area contributed by atoms with Crippen LogP contribution in [0.4, 0.5) is 0 Å². The van der Waals surface area contributed by atoms with Gasteiger partial charge in [0.05, 0.1) is 24.9 Å². The summed E-state index contributed by atoms with van der Waals surface area (Å²) in [4.78, 5) is 201. The quantitative estimate of drug-likeness (QED) is 0.0588. The molecule has 0 bridgehead atoms. The highest BCUT2D eigenvalue weighted by atomic mass is 16.6. The molecule has 0 aromatic heterocycles. The minimum Gasteiger partial charge on any atom is -0.465 e. The Hall–Kier alpha value is -7.23. The van der Waals surface area contributed by atoms with Gasteiger partial charge in [0.15, 0.2) is 5.92 Å². The average Bonchev–Trinajstić information content (AvgIpc) is 0.808. The second-order valence-electron chi connectivity index (χ2n) is 29.1. The Morgan fingerprint density at radius 1 is 0.485 bits per heavy atom. The molecule has 0 aromatic rings. The lowest BCUT2D eigenvalue weighted by molar-refractivity contribution is -0.164. The van der Waals surface area contributed by atoms with E-state index in [-0.39, 0.29) is 69.5 Å². The zero-order valence-electron chi connectivity index (χ0n) is 64.6. The molecule has 1 heterocycles. The van der Waals surface area contributed by atoms with Gasteiger partial charge in [-0.15, -0.1) is 0 Å². The van der Waals surface area contributed by atoms with E-state index in [1.807, 2.05) is 41.5 Å². The molecule has 0 aliphatic carbocycles. The number of amides is 11.